The summed E-state index contributed by atoms with van der Waals surface area (Å²) in [6.45, 7) is 0. The Morgan fingerprint density at radius 2 is 1.89 bits per heavy atom. The van der Waals surface area contributed by atoms with Gasteiger partial charge in [0.2, 0.25) is 0 Å². The monoisotopic (exact) mass is 271 g/mol. The molecule has 5 nitrogen and oxygen atoms in total. The number of aromatic amines is 2. The van der Waals surface area contributed by atoms with Gasteiger partial charge in [-0.15, -0.1) is 0 Å². The average Bonchev–Trinajstić information content (AvgIpc) is 2.32. The van der Waals surface area contributed by atoms with Gasteiger partial charge < -0.3 is 10.3 Å². The maximum Gasteiger partial charge on any atom is 0.416 e. The summed E-state index contributed by atoms with van der Waals surface area (Å²) in [7, 11) is 0. The smallest absolute Gasteiger partial charge is 0.350 e. The van der Waals surface area contributed by atoms with Gasteiger partial charge in [-0.3, -0.25) is 9.78 Å². The van der Waals surface area contributed by atoms with E-state index in [1.54, 1.807) is 0 Å². The Bertz CT molecular complexity index is 703. The van der Waals surface area contributed by atoms with Gasteiger partial charge in [0.1, 0.15) is 5.69 Å². The van der Waals surface area contributed by atoms with Crippen LogP contribution in [0.5, 0.6) is 0 Å². The van der Waals surface area contributed by atoms with Gasteiger partial charge in [-0.2, -0.15) is 13.2 Å². The van der Waals surface area contributed by atoms with Crippen molar-refractivity contribution in [2.75, 3.05) is 5.32 Å². The molecule has 0 atom stereocenters. The summed E-state index contributed by atoms with van der Waals surface area (Å²) < 4.78 is 37.5. The van der Waals surface area contributed by atoms with E-state index in [1.165, 1.54) is 12.1 Å². The summed E-state index contributed by atoms with van der Waals surface area (Å²) >= 11 is 0. The lowest BCUT2D eigenvalue weighted by atomic mass is 10.2. The zero-order chi connectivity index (χ0) is 14.0. The van der Waals surface area contributed by atoms with Crippen LogP contribution >= 0.6 is 0 Å². The summed E-state index contributed by atoms with van der Waals surface area (Å²) in [4.78, 5) is 26.3. The van der Waals surface area contributed by atoms with Crippen molar-refractivity contribution in [3.8, 4) is 0 Å². The van der Waals surface area contributed by atoms with Gasteiger partial charge in [-0.1, -0.05) is 6.07 Å². The number of aromatic nitrogens is 2. The molecule has 0 fully saturated rings. The Morgan fingerprint density at radius 3 is 2.53 bits per heavy atom. The highest BCUT2D eigenvalue weighted by molar-refractivity contribution is 5.58. The molecule has 8 heteroatoms. The standard InChI is InChI=1S/C11H8F3N3O2/c12-11(13,14)6-2-1-3-7(4-6)16-8-5-15-10(19)17-9(8)18/h1-5,16H,(H2,15,17,18,19). The molecule has 0 saturated carbocycles. The number of H-pyrrole nitrogens is 2. The molecule has 2 rings (SSSR count). The second-order valence-corrected chi connectivity index (χ2v) is 3.69. The second kappa shape index (κ2) is 4.63. The largest absolute Gasteiger partial charge is 0.416 e. The molecule has 100 valence electrons. The van der Waals surface area contributed by atoms with Crippen LogP contribution in [0.1, 0.15) is 5.56 Å². The molecule has 0 radical (unpaired) electrons. The van der Waals surface area contributed by atoms with Crippen LogP contribution in [0, 0.1) is 0 Å². The first-order valence-corrected chi connectivity index (χ1v) is 5.12. The third kappa shape index (κ3) is 3.03. The van der Waals surface area contributed by atoms with Crippen LogP contribution in [0.15, 0.2) is 40.1 Å². The molecule has 0 bridgehead atoms. The van der Waals surface area contributed by atoms with Crippen molar-refractivity contribution in [1.29, 1.82) is 0 Å². The molecule has 0 aliphatic heterocycles. The molecule has 1 aromatic heterocycles. The predicted octanol–water partition coefficient (Wildman–Crippen LogP) is 1.83. The molecule has 0 aliphatic carbocycles. The van der Waals surface area contributed by atoms with Gasteiger partial charge in [-0.25, -0.2) is 4.79 Å². The fourth-order valence-corrected chi connectivity index (χ4v) is 1.43. The van der Waals surface area contributed by atoms with E-state index in [4.69, 9.17) is 0 Å². The van der Waals surface area contributed by atoms with E-state index < -0.39 is 23.0 Å². The minimum absolute atomic E-state index is 0.0566. The van der Waals surface area contributed by atoms with Gasteiger partial charge in [-0.05, 0) is 18.2 Å². The maximum absolute atomic E-state index is 12.5. The van der Waals surface area contributed by atoms with E-state index in [0.29, 0.717) is 0 Å². The van der Waals surface area contributed by atoms with E-state index in [-0.39, 0.29) is 11.4 Å². The second-order valence-electron chi connectivity index (χ2n) is 3.69. The van der Waals surface area contributed by atoms with Crippen molar-refractivity contribution in [3.05, 3.63) is 56.9 Å². The minimum atomic E-state index is -4.46. The highest BCUT2D eigenvalue weighted by Crippen LogP contribution is 2.30. The van der Waals surface area contributed by atoms with Crippen LogP contribution in [0.2, 0.25) is 0 Å². The van der Waals surface area contributed by atoms with Crippen LogP contribution in [-0.2, 0) is 6.18 Å². The van der Waals surface area contributed by atoms with Gasteiger partial charge in [0.15, 0.2) is 0 Å². The van der Waals surface area contributed by atoms with Crippen molar-refractivity contribution >= 4 is 11.4 Å². The normalized spacial score (nSPS) is 11.3. The van der Waals surface area contributed by atoms with Crippen LogP contribution in [-0.4, -0.2) is 9.97 Å². The lowest BCUT2D eigenvalue weighted by Gasteiger charge is -2.09. The zero-order valence-corrected chi connectivity index (χ0v) is 9.34. The molecule has 1 aromatic carbocycles. The summed E-state index contributed by atoms with van der Waals surface area (Å²) in [5.74, 6) is 0. The van der Waals surface area contributed by atoms with Crippen LogP contribution < -0.4 is 16.6 Å². The topological polar surface area (TPSA) is 77.8 Å². The number of nitrogens with one attached hydrogen (secondary N) is 3. The summed E-state index contributed by atoms with van der Waals surface area (Å²) in [5.41, 5.74) is -2.22. The summed E-state index contributed by atoms with van der Waals surface area (Å²) in [5, 5.41) is 2.50. The van der Waals surface area contributed by atoms with E-state index in [9.17, 15) is 22.8 Å². The quantitative estimate of drug-likeness (QED) is 0.779. The molecular formula is C11H8F3N3O2. The van der Waals surface area contributed by atoms with Gasteiger partial charge >= 0.3 is 11.9 Å². The Balaban J connectivity index is 2.34. The van der Waals surface area contributed by atoms with Crippen molar-refractivity contribution in [1.82, 2.24) is 9.97 Å². The van der Waals surface area contributed by atoms with E-state index in [0.717, 1.165) is 18.3 Å². The van der Waals surface area contributed by atoms with Gasteiger partial charge in [0, 0.05) is 11.9 Å². The molecule has 0 saturated heterocycles. The minimum Gasteiger partial charge on any atom is -0.350 e. The lowest BCUT2D eigenvalue weighted by Crippen LogP contribution is -2.23. The van der Waals surface area contributed by atoms with Crippen molar-refractivity contribution in [3.63, 3.8) is 0 Å². The summed E-state index contributed by atoms with van der Waals surface area (Å²) in [6.07, 6.45) is -3.38. The van der Waals surface area contributed by atoms with E-state index >= 15 is 0 Å². The van der Waals surface area contributed by atoms with Crippen LogP contribution in [0.4, 0.5) is 24.5 Å². The molecule has 2 aromatic rings. The number of alkyl halides is 3. The number of halogens is 3. The maximum atomic E-state index is 12.5. The van der Waals surface area contributed by atoms with Crippen LogP contribution in [0.25, 0.3) is 0 Å². The zero-order valence-electron chi connectivity index (χ0n) is 9.34. The Labute approximate surface area is 104 Å². The first kappa shape index (κ1) is 12.9. The van der Waals surface area contributed by atoms with Crippen molar-refractivity contribution < 1.29 is 13.2 Å². The van der Waals surface area contributed by atoms with Crippen molar-refractivity contribution in [2.45, 2.75) is 6.18 Å². The Morgan fingerprint density at radius 1 is 1.16 bits per heavy atom. The van der Waals surface area contributed by atoms with Gasteiger partial charge in [0.25, 0.3) is 5.56 Å². The van der Waals surface area contributed by atoms with Crippen molar-refractivity contribution in [2.24, 2.45) is 0 Å². The Kier molecular flexibility index (Phi) is 3.16. The molecule has 0 aliphatic rings. The highest BCUT2D eigenvalue weighted by Gasteiger charge is 2.30. The Hall–Kier alpha value is -2.51. The number of benzene rings is 1. The third-order valence-electron chi connectivity index (χ3n) is 2.29. The highest BCUT2D eigenvalue weighted by atomic mass is 19.4. The molecular weight excluding hydrogens is 263 g/mol. The molecule has 0 unspecified atom stereocenters. The number of hydrogen-bond acceptors (Lipinski definition) is 3. The number of hydrogen-bond donors (Lipinski definition) is 3. The number of rotatable bonds is 2. The first-order chi connectivity index (χ1) is 8.86. The molecule has 0 spiro atoms. The van der Waals surface area contributed by atoms with Gasteiger partial charge in [0.05, 0.1) is 5.56 Å². The number of anilines is 2. The van der Waals surface area contributed by atoms with E-state index in [2.05, 4.69) is 10.3 Å². The molecule has 0 amide bonds. The fourth-order valence-electron chi connectivity index (χ4n) is 1.43. The lowest BCUT2D eigenvalue weighted by molar-refractivity contribution is -0.137. The van der Waals surface area contributed by atoms with Crippen LogP contribution in [0.3, 0.4) is 0 Å². The molecule has 19 heavy (non-hydrogen) atoms. The fraction of sp³-hybridized carbons (Fsp3) is 0.0909. The first-order valence-electron chi connectivity index (χ1n) is 5.12. The summed E-state index contributed by atoms with van der Waals surface area (Å²) in [6, 6.07) is 4.37. The predicted molar refractivity (Wildman–Crippen MR) is 62.4 cm³/mol. The molecule has 3 N–H and O–H groups in total. The SMILES string of the molecule is O=c1[nH]cc(Nc2cccc(C(F)(F)F)c2)c(=O)[nH]1. The third-order valence-corrected chi connectivity index (χ3v) is 2.29. The average molecular weight is 271 g/mol. The van der Waals surface area contributed by atoms with E-state index in [1.807, 2.05) is 4.98 Å². The molecule has 1 heterocycles.